The Bertz CT molecular complexity index is 1320. The van der Waals surface area contributed by atoms with Gasteiger partial charge >= 0.3 is 0 Å². The summed E-state index contributed by atoms with van der Waals surface area (Å²) >= 11 is 0. The van der Waals surface area contributed by atoms with Crippen molar-refractivity contribution in [2.45, 2.75) is 79.6 Å². The van der Waals surface area contributed by atoms with Gasteiger partial charge in [0.25, 0.3) is 5.91 Å². The Morgan fingerprint density at radius 2 is 1.73 bits per heavy atom. The van der Waals surface area contributed by atoms with Crippen LogP contribution in [0.1, 0.15) is 82.9 Å². The number of carbonyl (C=O) groups excluding carboxylic acids is 1. The van der Waals surface area contributed by atoms with E-state index in [4.69, 9.17) is 18.7 Å². The van der Waals surface area contributed by atoms with Gasteiger partial charge in [-0.1, -0.05) is 43.3 Å². The molecule has 2 heterocycles. The lowest BCUT2D eigenvalue weighted by atomic mass is 9.93. The summed E-state index contributed by atoms with van der Waals surface area (Å²) in [7, 11) is 0. The summed E-state index contributed by atoms with van der Waals surface area (Å²) in [6, 6.07) is 12.3. The van der Waals surface area contributed by atoms with Crippen LogP contribution in [0, 0.1) is 0 Å². The Kier molecular flexibility index (Phi) is 9.76. The number of ether oxygens (including phenoxy) is 3. The number of nitrogens with zero attached hydrogens (tertiary/aromatic N) is 2. The molecule has 1 aromatic heterocycles. The van der Waals surface area contributed by atoms with E-state index < -0.39 is 0 Å². The van der Waals surface area contributed by atoms with E-state index in [1.54, 1.807) is 0 Å². The highest BCUT2D eigenvalue weighted by atomic mass is 16.5. The molecule has 0 atom stereocenters. The van der Waals surface area contributed by atoms with E-state index in [0.717, 1.165) is 55.3 Å². The monoisotopic (exact) mass is 563 g/mol. The minimum Gasteiger partial charge on any atom is -0.490 e. The number of carbonyl (C=O) groups is 1. The highest BCUT2D eigenvalue weighted by molar-refractivity contribution is 6.02. The molecule has 41 heavy (non-hydrogen) atoms. The quantitative estimate of drug-likeness (QED) is 0.295. The molecule has 1 saturated heterocycles. The summed E-state index contributed by atoms with van der Waals surface area (Å²) in [6.45, 7) is 20.9. The van der Waals surface area contributed by atoms with Crippen LogP contribution in [0.5, 0.6) is 11.5 Å². The van der Waals surface area contributed by atoms with E-state index >= 15 is 0 Å². The molecule has 0 radical (unpaired) electrons. The summed E-state index contributed by atoms with van der Waals surface area (Å²) in [5.74, 6) is 1.77. The first kappa shape index (κ1) is 30.6. The van der Waals surface area contributed by atoms with E-state index in [1.807, 2.05) is 59.7 Å². The SMILES string of the molecule is CCNC(=O)c1noc(-c2cc(C(C)C)c(OC(C)(C)C)cc2OC(C)C)c1-c1ccc(CN2CCOCC2)cc1. The summed E-state index contributed by atoms with van der Waals surface area (Å²) in [5, 5.41) is 7.17. The average molecular weight is 564 g/mol. The molecule has 0 aliphatic carbocycles. The fourth-order valence-electron chi connectivity index (χ4n) is 4.91. The van der Waals surface area contributed by atoms with Gasteiger partial charge < -0.3 is 24.1 Å². The van der Waals surface area contributed by atoms with Gasteiger partial charge in [0.2, 0.25) is 0 Å². The predicted molar refractivity (Wildman–Crippen MR) is 162 cm³/mol. The molecule has 8 heteroatoms. The summed E-state index contributed by atoms with van der Waals surface area (Å²) in [4.78, 5) is 15.5. The van der Waals surface area contributed by atoms with Crippen molar-refractivity contribution >= 4 is 5.91 Å². The van der Waals surface area contributed by atoms with E-state index in [-0.39, 0.29) is 29.2 Å². The topological polar surface area (TPSA) is 86.1 Å². The van der Waals surface area contributed by atoms with Crippen LogP contribution in [0.25, 0.3) is 22.5 Å². The lowest BCUT2D eigenvalue weighted by Gasteiger charge is -2.26. The first-order chi connectivity index (χ1) is 19.5. The van der Waals surface area contributed by atoms with Crippen molar-refractivity contribution < 1.29 is 23.5 Å². The van der Waals surface area contributed by atoms with Crippen LogP contribution < -0.4 is 14.8 Å². The van der Waals surface area contributed by atoms with Crippen LogP contribution in [0.4, 0.5) is 0 Å². The summed E-state index contributed by atoms with van der Waals surface area (Å²) in [6.07, 6.45) is -0.0881. The highest BCUT2D eigenvalue weighted by Gasteiger charge is 2.29. The third-order valence-electron chi connectivity index (χ3n) is 6.75. The molecule has 0 unspecified atom stereocenters. The fraction of sp³-hybridized carbons (Fsp3) is 0.515. The maximum Gasteiger partial charge on any atom is 0.274 e. The molecule has 1 amide bonds. The van der Waals surface area contributed by atoms with Gasteiger partial charge in [-0.15, -0.1) is 0 Å². The van der Waals surface area contributed by atoms with Crippen LogP contribution in [0.2, 0.25) is 0 Å². The van der Waals surface area contributed by atoms with Crippen molar-refractivity contribution in [3.8, 4) is 33.9 Å². The van der Waals surface area contributed by atoms with Gasteiger partial charge in [-0.3, -0.25) is 9.69 Å². The third-order valence-corrected chi connectivity index (χ3v) is 6.75. The molecule has 2 aromatic carbocycles. The van der Waals surface area contributed by atoms with Gasteiger partial charge in [0, 0.05) is 32.2 Å². The van der Waals surface area contributed by atoms with Gasteiger partial charge in [0.15, 0.2) is 11.5 Å². The Labute approximate surface area is 244 Å². The second kappa shape index (κ2) is 13.1. The standard InChI is InChI=1S/C33H45N3O5/c1-9-34-32(37)30-29(24-12-10-23(11-13-24)20-36-14-16-38-17-15-36)31(41-35-30)26-18-25(21(2)3)28(40-33(6,7)8)19-27(26)39-22(4)5/h10-13,18-19,21-22H,9,14-17,20H2,1-8H3,(H,34,37). The predicted octanol–water partition coefficient (Wildman–Crippen LogP) is 6.68. The molecule has 0 spiro atoms. The molecule has 4 rings (SSSR count). The van der Waals surface area contributed by atoms with E-state index in [2.05, 4.69) is 47.4 Å². The third kappa shape index (κ3) is 7.68. The number of hydrogen-bond acceptors (Lipinski definition) is 7. The zero-order valence-corrected chi connectivity index (χ0v) is 25.8. The minimum atomic E-state index is -0.383. The molecule has 1 fully saturated rings. The maximum absolute atomic E-state index is 13.2. The highest BCUT2D eigenvalue weighted by Crippen LogP contribution is 2.45. The van der Waals surface area contributed by atoms with Crippen LogP contribution >= 0.6 is 0 Å². The first-order valence-corrected chi connectivity index (χ1v) is 14.7. The van der Waals surface area contributed by atoms with Crippen LogP contribution in [0.3, 0.4) is 0 Å². The second-order valence-corrected chi connectivity index (χ2v) is 12.1. The zero-order chi connectivity index (χ0) is 29.7. The van der Waals surface area contributed by atoms with Crippen molar-refractivity contribution in [2.24, 2.45) is 0 Å². The van der Waals surface area contributed by atoms with Gasteiger partial charge in [-0.25, -0.2) is 0 Å². The first-order valence-electron chi connectivity index (χ1n) is 14.7. The summed E-state index contributed by atoms with van der Waals surface area (Å²) in [5.41, 5.74) is 4.31. The molecular weight excluding hydrogens is 518 g/mol. The zero-order valence-electron chi connectivity index (χ0n) is 25.8. The lowest BCUT2D eigenvalue weighted by molar-refractivity contribution is 0.0342. The number of nitrogens with one attached hydrogen (secondary N) is 1. The van der Waals surface area contributed by atoms with E-state index in [1.165, 1.54) is 5.56 Å². The number of amides is 1. The Balaban J connectivity index is 1.85. The van der Waals surface area contributed by atoms with Gasteiger partial charge in [-0.2, -0.15) is 0 Å². The van der Waals surface area contributed by atoms with Gasteiger partial charge in [-0.05, 0) is 70.2 Å². The van der Waals surface area contributed by atoms with E-state index in [9.17, 15) is 4.79 Å². The van der Waals surface area contributed by atoms with Crippen molar-refractivity contribution in [3.63, 3.8) is 0 Å². The van der Waals surface area contributed by atoms with Crippen LogP contribution in [-0.4, -0.2) is 60.5 Å². The largest absolute Gasteiger partial charge is 0.490 e. The normalized spacial score (nSPS) is 14.5. The molecule has 3 aromatic rings. The van der Waals surface area contributed by atoms with Crippen LogP contribution in [-0.2, 0) is 11.3 Å². The molecule has 1 aliphatic heterocycles. The molecule has 0 saturated carbocycles. The smallest absolute Gasteiger partial charge is 0.274 e. The molecule has 1 aliphatic rings. The maximum atomic E-state index is 13.2. The van der Waals surface area contributed by atoms with Crippen LogP contribution in [0.15, 0.2) is 40.9 Å². The number of morpholine rings is 1. The Morgan fingerprint density at radius 1 is 1.05 bits per heavy atom. The van der Waals surface area contributed by atoms with Crippen molar-refractivity contribution in [3.05, 3.63) is 53.2 Å². The second-order valence-electron chi connectivity index (χ2n) is 12.1. The van der Waals surface area contributed by atoms with Crippen molar-refractivity contribution in [1.29, 1.82) is 0 Å². The molecular formula is C33H45N3O5. The molecule has 0 bridgehead atoms. The minimum absolute atomic E-state index is 0.0881. The fourth-order valence-corrected chi connectivity index (χ4v) is 4.91. The lowest BCUT2D eigenvalue weighted by Crippen LogP contribution is -2.35. The average Bonchev–Trinajstić information content (AvgIpc) is 3.34. The molecule has 1 N–H and O–H groups in total. The van der Waals surface area contributed by atoms with Gasteiger partial charge in [0.1, 0.15) is 17.1 Å². The summed E-state index contributed by atoms with van der Waals surface area (Å²) < 4.78 is 24.2. The Morgan fingerprint density at radius 3 is 2.32 bits per heavy atom. The van der Waals surface area contributed by atoms with Crippen molar-refractivity contribution in [1.82, 2.24) is 15.4 Å². The Hall–Kier alpha value is -3.36. The van der Waals surface area contributed by atoms with E-state index in [0.29, 0.717) is 23.6 Å². The number of benzene rings is 2. The number of hydrogen-bond donors (Lipinski definition) is 1. The number of aromatic nitrogens is 1. The molecule has 222 valence electrons. The number of rotatable bonds is 10. The molecule has 8 nitrogen and oxygen atoms in total. The van der Waals surface area contributed by atoms with Gasteiger partial charge in [0.05, 0.1) is 30.4 Å². The van der Waals surface area contributed by atoms with Crippen molar-refractivity contribution in [2.75, 3.05) is 32.8 Å².